The molecular weight excluding hydrogens is 330 g/mol. The minimum atomic E-state index is -0.343. The van der Waals surface area contributed by atoms with Gasteiger partial charge in [-0.2, -0.15) is 0 Å². The fraction of sp³-hybridized carbons (Fsp3) is 0.158. The quantitative estimate of drug-likeness (QED) is 0.616. The third kappa shape index (κ3) is 2.54. The Morgan fingerprint density at radius 3 is 2.46 bits per heavy atom. The Labute approximate surface area is 148 Å². The number of aryl methyl sites for hydroxylation is 2. The average molecular weight is 347 g/mol. The summed E-state index contributed by atoms with van der Waals surface area (Å²) in [5.41, 5.74) is 3.01. The van der Waals surface area contributed by atoms with E-state index in [0.29, 0.717) is 11.3 Å². The predicted molar refractivity (Wildman–Crippen MR) is 99.3 cm³/mol. The van der Waals surface area contributed by atoms with Crippen LogP contribution in [-0.2, 0) is 11.3 Å². The molecule has 0 radical (unpaired) electrons. The second kappa shape index (κ2) is 6.11. The van der Waals surface area contributed by atoms with Crippen molar-refractivity contribution < 1.29 is 4.79 Å². The smallest absolute Gasteiger partial charge is 0.297 e. The molecule has 2 aromatic heterocycles. The lowest BCUT2D eigenvalue weighted by atomic mass is 10.2. The van der Waals surface area contributed by atoms with Gasteiger partial charge in [-0.05, 0) is 37.6 Å². The lowest BCUT2D eigenvalue weighted by Crippen LogP contribution is -2.29. The SMILES string of the molecule is Cc1ccccc1NC(=O)Cn1c(=O)c2nnc(C)n2c2ccccc21. The molecule has 7 heteroatoms. The molecule has 0 spiro atoms. The molecule has 26 heavy (non-hydrogen) atoms. The molecule has 130 valence electrons. The molecule has 2 aromatic carbocycles. The number of amides is 1. The first-order chi connectivity index (χ1) is 12.6. The number of nitrogens with zero attached hydrogens (tertiary/aromatic N) is 4. The van der Waals surface area contributed by atoms with Gasteiger partial charge in [0.15, 0.2) is 0 Å². The maximum absolute atomic E-state index is 12.9. The van der Waals surface area contributed by atoms with Crippen molar-refractivity contribution in [1.29, 1.82) is 0 Å². The van der Waals surface area contributed by atoms with Crippen molar-refractivity contribution in [1.82, 2.24) is 19.2 Å². The number of carbonyl (C=O) groups excluding carboxylic acids is 1. The molecule has 0 unspecified atom stereocenters. The fourth-order valence-electron chi connectivity index (χ4n) is 3.10. The first-order valence-corrected chi connectivity index (χ1v) is 8.25. The van der Waals surface area contributed by atoms with E-state index in [4.69, 9.17) is 0 Å². The molecule has 0 aliphatic heterocycles. The standard InChI is InChI=1S/C19H17N5O2/c1-12-7-3-4-8-14(12)20-17(25)11-23-15-9-5-6-10-16(15)24-13(2)21-22-18(24)19(23)26/h3-10H,11H2,1-2H3,(H,20,25). The third-order valence-corrected chi connectivity index (χ3v) is 4.40. The number of nitrogens with one attached hydrogen (secondary N) is 1. The number of fused-ring (bicyclic) bond motifs is 3. The zero-order valence-electron chi connectivity index (χ0n) is 14.4. The minimum absolute atomic E-state index is 0.101. The number of rotatable bonds is 3. The molecular formula is C19H17N5O2. The topological polar surface area (TPSA) is 81.3 Å². The van der Waals surface area contributed by atoms with Crippen LogP contribution in [0.1, 0.15) is 11.4 Å². The summed E-state index contributed by atoms with van der Waals surface area (Å²) in [7, 11) is 0. The molecule has 2 heterocycles. The van der Waals surface area contributed by atoms with Gasteiger partial charge in [0, 0.05) is 5.69 Å². The van der Waals surface area contributed by atoms with Crippen molar-refractivity contribution in [2.24, 2.45) is 0 Å². The summed E-state index contributed by atoms with van der Waals surface area (Å²) >= 11 is 0. The molecule has 0 saturated carbocycles. The van der Waals surface area contributed by atoms with Gasteiger partial charge < -0.3 is 5.32 Å². The summed E-state index contributed by atoms with van der Waals surface area (Å²) in [5, 5.41) is 10.8. The molecule has 0 bridgehead atoms. The van der Waals surface area contributed by atoms with Gasteiger partial charge in [-0.3, -0.25) is 18.6 Å². The number of anilines is 1. The summed E-state index contributed by atoms with van der Waals surface area (Å²) in [5.74, 6) is 0.358. The largest absolute Gasteiger partial charge is 0.324 e. The van der Waals surface area contributed by atoms with E-state index in [1.54, 1.807) is 11.3 Å². The molecule has 4 rings (SSSR count). The van der Waals surface area contributed by atoms with Crippen LogP contribution in [0.5, 0.6) is 0 Å². The maximum atomic E-state index is 12.9. The highest BCUT2D eigenvalue weighted by atomic mass is 16.2. The van der Waals surface area contributed by atoms with E-state index in [1.165, 1.54) is 4.57 Å². The lowest BCUT2D eigenvalue weighted by molar-refractivity contribution is -0.116. The average Bonchev–Trinajstić information content (AvgIpc) is 3.03. The summed E-state index contributed by atoms with van der Waals surface area (Å²) < 4.78 is 3.15. The molecule has 0 saturated heterocycles. The Morgan fingerprint density at radius 1 is 1.00 bits per heavy atom. The van der Waals surface area contributed by atoms with E-state index in [9.17, 15) is 9.59 Å². The first kappa shape index (κ1) is 16.0. The number of para-hydroxylation sites is 3. The number of carbonyl (C=O) groups is 1. The van der Waals surface area contributed by atoms with Gasteiger partial charge in [0.2, 0.25) is 11.6 Å². The Balaban J connectivity index is 1.81. The maximum Gasteiger partial charge on any atom is 0.297 e. The van der Waals surface area contributed by atoms with Crippen molar-refractivity contribution in [3.05, 3.63) is 70.3 Å². The highest BCUT2D eigenvalue weighted by molar-refractivity contribution is 5.92. The van der Waals surface area contributed by atoms with E-state index < -0.39 is 0 Å². The van der Waals surface area contributed by atoms with Crippen molar-refractivity contribution in [2.75, 3.05) is 5.32 Å². The van der Waals surface area contributed by atoms with Crippen LogP contribution in [0.3, 0.4) is 0 Å². The number of aromatic nitrogens is 4. The van der Waals surface area contributed by atoms with Crippen LogP contribution in [0.15, 0.2) is 53.3 Å². The number of hydrogen-bond acceptors (Lipinski definition) is 4. The second-order valence-electron chi connectivity index (χ2n) is 6.15. The van der Waals surface area contributed by atoms with Gasteiger partial charge in [0.25, 0.3) is 5.56 Å². The van der Waals surface area contributed by atoms with Gasteiger partial charge in [0.1, 0.15) is 12.4 Å². The first-order valence-electron chi connectivity index (χ1n) is 8.25. The normalized spacial score (nSPS) is 11.2. The van der Waals surface area contributed by atoms with Gasteiger partial charge in [-0.1, -0.05) is 30.3 Å². The van der Waals surface area contributed by atoms with Crippen molar-refractivity contribution in [3.63, 3.8) is 0 Å². The second-order valence-corrected chi connectivity index (χ2v) is 6.15. The van der Waals surface area contributed by atoms with Gasteiger partial charge >= 0.3 is 0 Å². The summed E-state index contributed by atoms with van der Waals surface area (Å²) in [6, 6.07) is 14.9. The molecule has 1 N–H and O–H groups in total. The van der Waals surface area contributed by atoms with E-state index >= 15 is 0 Å². The molecule has 0 atom stereocenters. The Kier molecular flexibility index (Phi) is 3.76. The van der Waals surface area contributed by atoms with E-state index in [1.807, 2.05) is 55.5 Å². The Morgan fingerprint density at radius 2 is 1.69 bits per heavy atom. The van der Waals surface area contributed by atoms with Gasteiger partial charge in [-0.25, -0.2) is 0 Å². The Hall–Kier alpha value is -3.48. The molecule has 0 fully saturated rings. The fourth-order valence-corrected chi connectivity index (χ4v) is 3.10. The number of benzene rings is 2. The highest BCUT2D eigenvalue weighted by Crippen LogP contribution is 2.16. The summed E-state index contributed by atoms with van der Waals surface area (Å²) in [6.07, 6.45) is 0. The van der Waals surface area contributed by atoms with Crippen LogP contribution < -0.4 is 10.9 Å². The Bertz CT molecular complexity index is 1210. The van der Waals surface area contributed by atoms with Crippen molar-refractivity contribution in [3.8, 4) is 0 Å². The van der Waals surface area contributed by atoms with Crippen LogP contribution >= 0.6 is 0 Å². The van der Waals surface area contributed by atoms with Crippen LogP contribution in [0.2, 0.25) is 0 Å². The summed E-state index contributed by atoms with van der Waals surface area (Å²) in [6.45, 7) is 3.61. The third-order valence-electron chi connectivity index (χ3n) is 4.40. The molecule has 0 aliphatic rings. The van der Waals surface area contributed by atoms with E-state index in [0.717, 1.165) is 16.8 Å². The van der Waals surface area contributed by atoms with Crippen LogP contribution in [-0.4, -0.2) is 25.1 Å². The molecule has 0 aliphatic carbocycles. The molecule has 7 nitrogen and oxygen atoms in total. The molecule has 1 amide bonds. The molecule has 4 aromatic rings. The highest BCUT2D eigenvalue weighted by Gasteiger charge is 2.16. The summed E-state index contributed by atoms with van der Waals surface area (Å²) in [4.78, 5) is 25.4. The zero-order valence-corrected chi connectivity index (χ0v) is 14.4. The van der Waals surface area contributed by atoms with E-state index in [2.05, 4.69) is 15.5 Å². The zero-order chi connectivity index (χ0) is 18.3. The van der Waals surface area contributed by atoms with Gasteiger partial charge in [-0.15, -0.1) is 10.2 Å². The van der Waals surface area contributed by atoms with Crippen LogP contribution in [0.4, 0.5) is 5.69 Å². The van der Waals surface area contributed by atoms with Crippen LogP contribution in [0.25, 0.3) is 16.7 Å². The monoisotopic (exact) mass is 347 g/mol. The predicted octanol–water partition coefficient (Wildman–Crippen LogP) is 2.30. The van der Waals surface area contributed by atoms with E-state index in [-0.39, 0.29) is 23.7 Å². The lowest BCUT2D eigenvalue weighted by Gasteiger charge is -2.13. The number of hydrogen-bond donors (Lipinski definition) is 1. The van der Waals surface area contributed by atoms with Crippen molar-refractivity contribution in [2.45, 2.75) is 20.4 Å². The van der Waals surface area contributed by atoms with Gasteiger partial charge in [0.05, 0.1) is 11.0 Å². The van der Waals surface area contributed by atoms with Crippen LogP contribution in [0, 0.1) is 13.8 Å². The minimum Gasteiger partial charge on any atom is -0.324 e. The van der Waals surface area contributed by atoms with Crippen molar-refractivity contribution >= 4 is 28.3 Å².